The van der Waals surface area contributed by atoms with E-state index in [9.17, 15) is 13.0 Å². The monoisotopic (exact) mass is 347 g/mol. The van der Waals surface area contributed by atoms with E-state index in [4.69, 9.17) is 4.42 Å². The summed E-state index contributed by atoms with van der Waals surface area (Å²) in [5, 5.41) is 0. The second kappa shape index (κ2) is 5.60. The molecule has 0 aliphatic rings. The maximum atomic E-state index is 10.5. The Balaban J connectivity index is 2.12. The van der Waals surface area contributed by atoms with E-state index in [1.54, 1.807) is 0 Å². The third kappa shape index (κ3) is 3.77. The van der Waals surface area contributed by atoms with Crippen LogP contribution in [-0.4, -0.2) is 18.7 Å². The second-order valence-corrected chi connectivity index (χ2v) is 6.79. The fourth-order valence-electron chi connectivity index (χ4n) is 2.00. The molecule has 7 heteroatoms. The quantitative estimate of drug-likeness (QED) is 0.471. The van der Waals surface area contributed by atoms with E-state index in [-0.39, 0.29) is 5.75 Å². The fraction of sp³-hybridized carbons (Fsp3) is 0.417. The summed E-state index contributed by atoms with van der Waals surface area (Å²) in [6.07, 6.45) is 0.979. The number of oxazole rings is 1. The van der Waals surface area contributed by atoms with Crippen molar-refractivity contribution >= 4 is 37.1 Å². The van der Waals surface area contributed by atoms with E-state index in [2.05, 4.69) is 15.9 Å². The molecule has 0 atom stereocenters. The number of hydrogen-bond donors (Lipinski definition) is 0. The zero-order valence-corrected chi connectivity index (χ0v) is 12.8. The highest BCUT2D eigenvalue weighted by Gasteiger charge is 2.18. The minimum Gasteiger partial charge on any atom is -0.748 e. The molecule has 0 unspecified atom stereocenters. The fourth-order valence-corrected chi connectivity index (χ4v) is 2.90. The van der Waals surface area contributed by atoms with Gasteiger partial charge in [0.1, 0.15) is 0 Å². The van der Waals surface area contributed by atoms with Gasteiger partial charge in [-0.3, -0.25) is 0 Å². The van der Waals surface area contributed by atoms with Gasteiger partial charge in [-0.1, -0.05) is 15.9 Å². The standard InChI is InChI=1S/C12H14BrNO4S/c1-9-14(6-2-3-7-19(15,16)17)11-8-10(13)4-5-12(11)18-9/h4-5,8H,2-3,6-7H2,1H3. The summed E-state index contributed by atoms with van der Waals surface area (Å²) < 4.78 is 40.1. The van der Waals surface area contributed by atoms with Crippen molar-refractivity contribution in [2.75, 3.05) is 5.75 Å². The molecule has 1 aromatic carbocycles. The van der Waals surface area contributed by atoms with Gasteiger partial charge >= 0.3 is 5.89 Å². The first-order valence-corrected chi connectivity index (χ1v) is 8.26. The Bertz CT molecular complexity index is 693. The van der Waals surface area contributed by atoms with Crippen molar-refractivity contribution in [1.82, 2.24) is 0 Å². The largest absolute Gasteiger partial charge is 0.748 e. The summed E-state index contributed by atoms with van der Waals surface area (Å²) in [5.74, 6) is 0.449. The topological polar surface area (TPSA) is 74.2 Å². The Hall–Kier alpha value is -0.920. The lowest BCUT2D eigenvalue weighted by Gasteiger charge is -2.04. The number of benzene rings is 1. The molecule has 1 heterocycles. The van der Waals surface area contributed by atoms with E-state index in [0.717, 1.165) is 21.5 Å². The second-order valence-electron chi connectivity index (χ2n) is 4.35. The maximum absolute atomic E-state index is 10.5. The number of aromatic nitrogens is 1. The first kappa shape index (κ1) is 14.5. The van der Waals surface area contributed by atoms with Gasteiger partial charge in [-0.25, -0.2) is 8.42 Å². The summed E-state index contributed by atoms with van der Waals surface area (Å²) in [6.45, 7) is 2.49. The van der Waals surface area contributed by atoms with Crippen LogP contribution in [0.4, 0.5) is 0 Å². The van der Waals surface area contributed by atoms with Crippen molar-refractivity contribution in [3.05, 3.63) is 28.6 Å². The van der Waals surface area contributed by atoms with E-state index in [1.807, 2.05) is 29.7 Å². The molecule has 0 N–H and O–H groups in total. The van der Waals surface area contributed by atoms with E-state index < -0.39 is 10.1 Å². The summed E-state index contributed by atoms with van der Waals surface area (Å²) in [7, 11) is -4.11. The van der Waals surface area contributed by atoms with Gasteiger partial charge in [0.05, 0.1) is 17.0 Å². The lowest BCUT2D eigenvalue weighted by atomic mass is 10.3. The highest BCUT2D eigenvalue weighted by atomic mass is 79.9. The molecule has 0 spiro atoms. The van der Waals surface area contributed by atoms with Gasteiger partial charge in [0.15, 0.2) is 6.54 Å². The molecule has 19 heavy (non-hydrogen) atoms. The van der Waals surface area contributed by atoms with Gasteiger partial charge in [-0.15, -0.1) is 0 Å². The van der Waals surface area contributed by atoms with Crippen molar-refractivity contribution in [2.45, 2.75) is 26.3 Å². The normalized spacial score (nSPS) is 12.2. The zero-order valence-electron chi connectivity index (χ0n) is 10.4. The predicted octanol–water partition coefficient (Wildman–Crippen LogP) is 2.12. The average Bonchev–Trinajstić information content (AvgIpc) is 2.59. The molecule has 0 radical (unpaired) electrons. The van der Waals surface area contributed by atoms with Gasteiger partial charge in [-0.05, 0) is 18.6 Å². The average molecular weight is 348 g/mol. The number of aryl methyl sites for hydroxylation is 2. The van der Waals surface area contributed by atoms with Gasteiger partial charge in [0.25, 0.3) is 5.52 Å². The Morgan fingerprint density at radius 3 is 2.79 bits per heavy atom. The molecule has 104 valence electrons. The maximum Gasteiger partial charge on any atom is 0.344 e. The molecule has 0 saturated carbocycles. The van der Waals surface area contributed by atoms with E-state index >= 15 is 0 Å². The van der Waals surface area contributed by atoms with Crippen LogP contribution in [0.25, 0.3) is 11.1 Å². The van der Waals surface area contributed by atoms with Crippen LogP contribution in [0, 0.1) is 6.92 Å². The van der Waals surface area contributed by atoms with Gasteiger partial charge in [-0.2, -0.15) is 4.57 Å². The molecule has 0 saturated heterocycles. The van der Waals surface area contributed by atoms with Crippen molar-refractivity contribution in [1.29, 1.82) is 0 Å². The Morgan fingerprint density at radius 1 is 1.37 bits per heavy atom. The van der Waals surface area contributed by atoms with Crippen LogP contribution in [0.15, 0.2) is 27.1 Å². The van der Waals surface area contributed by atoms with Gasteiger partial charge < -0.3 is 8.97 Å². The summed E-state index contributed by atoms with van der Waals surface area (Å²) in [4.78, 5) is 0. The van der Waals surface area contributed by atoms with Crippen LogP contribution in [0.1, 0.15) is 18.7 Å². The first-order chi connectivity index (χ1) is 8.87. The molecule has 1 aromatic heterocycles. The predicted molar refractivity (Wildman–Crippen MR) is 72.6 cm³/mol. The molecule has 0 aliphatic carbocycles. The lowest BCUT2D eigenvalue weighted by Crippen LogP contribution is -2.35. The summed E-state index contributed by atoms with van der Waals surface area (Å²) in [5.41, 5.74) is 1.74. The molecule has 2 rings (SSSR count). The van der Waals surface area contributed by atoms with E-state index in [0.29, 0.717) is 19.4 Å². The third-order valence-electron chi connectivity index (χ3n) is 2.88. The van der Waals surface area contributed by atoms with Gasteiger partial charge in [0.2, 0.25) is 5.58 Å². The molecule has 5 nitrogen and oxygen atoms in total. The van der Waals surface area contributed by atoms with Crippen LogP contribution < -0.4 is 4.57 Å². The lowest BCUT2D eigenvalue weighted by molar-refractivity contribution is -0.683. The summed E-state index contributed by atoms with van der Waals surface area (Å²) in [6, 6.07) is 5.74. The minimum absolute atomic E-state index is 0.313. The van der Waals surface area contributed by atoms with Crippen LogP contribution in [0.3, 0.4) is 0 Å². The van der Waals surface area contributed by atoms with Crippen LogP contribution in [0.2, 0.25) is 0 Å². The van der Waals surface area contributed by atoms with Crippen LogP contribution in [0.5, 0.6) is 0 Å². The number of fused-ring (bicyclic) bond motifs is 1. The number of nitrogens with zero attached hydrogens (tertiary/aromatic N) is 1. The molecule has 0 amide bonds. The van der Waals surface area contributed by atoms with Crippen molar-refractivity contribution < 1.29 is 22.0 Å². The third-order valence-corrected chi connectivity index (χ3v) is 4.16. The Labute approximate surface area is 120 Å². The van der Waals surface area contributed by atoms with Crippen molar-refractivity contribution in [3.8, 4) is 0 Å². The Kier molecular flexibility index (Phi) is 4.27. The van der Waals surface area contributed by atoms with Crippen LogP contribution >= 0.6 is 15.9 Å². The van der Waals surface area contributed by atoms with Gasteiger partial charge in [0, 0.05) is 22.7 Å². The molecular formula is C12H14BrNO4S. The molecule has 2 aromatic rings. The summed E-state index contributed by atoms with van der Waals surface area (Å²) >= 11 is 3.41. The number of hydrogen-bond acceptors (Lipinski definition) is 4. The number of unbranched alkanes of at least 4 members (excludes halogenated alkanes) is 1. The molecular weight excluding hydrogens is 334 g/mol. The highest BCUT2D eigenvalue weighted by Crippen LogP contribution is 2.19. The number of halogens is 1. The Morgan fingerprint density at radius 2 is 2.11 bits per heavy atom. The molecule has 0 aliphatic heterocycles. The smallest absolute Gasteiger partial charge is 0.344 e. The van der Waals surface area contributed by atoms with Crippen molar-refractivity contribution in [3.63, 3.8) is 0 Å². The number of rotatable bonds is 5. The first-order valence-electron chi connectivity index (χ1n) is 5.89. The molecule has 0 fully saturated rings. The SMILES string of the molecule is Cc1oc2ccc(Br)cc2[n+]1CCCCS(=O)(=O)[O-]. The molecule has 0 bridgehead atoms. The minimum atomic E-state index is -4.11. The highest BCUT2D eigenvalue weighted by molar-refractivity contribution is 9.10. The van der Waals surface area contributed by atoms with E-state index in [1.165, 1.54) is 0 Å². The van der Waals surface area contributed by atoms with Crippen LogP contribution in [-0.2, 0) is 16.7 Å². The van der Waals surface area contributed by atoms with Crippen molar-refractivity contribution in [2.24, 2.45) is 0 Å². The zero-order chi connectivity index (χ0) is 14.0.